The minimum Gasteiger partial charge on any atom is -0.368 e. The number of carbonyl (C=O) groups excluding carboxylic acids is 1. The number of nitrogens with two attached hydrogens (primary N) is 1. The molecule has 0 bridgehead atoms. The van der Waals surface area contributed by atoms with Gasteiger partial charge in [-0.25, -0.2) is 8.42 Å². The fraction of sp³-hybridized carbons (Fsp3) is 0.286. The summed E-state index contributed by atoms with van der Waals surface area (Å²) in [6.45, 7) is 1.39. The van der Waals surface area contributed by atoms with Crippen LogP contribution in [-0.4, -0.2) is 20.4 Å². The van der Waals surface area contributed by atoms with Gasteiger partial charge in [-0.05, 0) is 35.0 Å². The monoisotopic (exact) mass is 312 g/mol. The molecule has 1 aromatic heterocycles. The molecule has 0 saturated carbocycles. The molecule has 1 amide bonds. The molecular formula is C7H9BrN2O3S2. The fourth-order valence-corrected chi connectivity index (χ4v) is 4.03. The van der Waals surface area contributed by atoms with E-state index in [1.165, 1.54) is 13.0 Å². The van der Waals surface area contributed by atoms with Crippen LogP contribution in [0.1, 0.15) is 6.92 Å². The summed E-state index contributed by atoms with van der Waals surface area (Å²) < 4.78 is 26.3. The summed E-state index contributed by atoms with van der Waals surface area (Å²) in [5.41, 5.74) is 4.95. The third kappa shape index (κ3) is 3.26. The number of thiophene rings is 1. The van der Waals surface area contributed by atoms with Gasteiger partial charge in [0.05, 0.1) is 9.83 Å². The molecule has 5 nitrogen and oxygen atoms in total. The second-order valence-corrected chi connectivity index (χ2v) is 7.21. The first-order valence-electron chi connectivity index (χ1n) is 3.90. The fourth-order valence-electron chi connectivity index (χ4n) is 0.791. The summed E-state index contributed by atoms with van der Waals surface area (Å²) in [6, 6.07) is 2.15. The quantitative estimate of drug-likeness (QED) is 0.856. The largest absolute Gasteiger partial charge is 0.368 e. The van der Waals surface area contributed by atoms with Crippen molar-refractivity contribution >= 4 is 43.2 Å². The normalized spacial score (nSPS) is 13.7. The summed E-state index contributed by atoms with van der Waals surface area (Å²) in [7, 11) is -3.65. The number of carbonyl (C=O) groups is 1. The number of sulfonamides is 1. The van der Waals surface area contributed by atoms with Gasteiger partial charge in [0.2, 0.25) is 5.91 Å². The Bertz CT molecular complexity index is 468. The molecule has 3 N–H and O–H groups in total. The maximum atomic E-state index is 11.6. The molecule has 1 heterocycles. The lowest BCUT2D eigenvalue weighted by molar-refractivity contribution is -0.119. The third-order valence-electron chi connectivity index (χ3n) is 1.57. The van der Waals surface area contributed by atoms with E-state index in [0.29, 0.717) is 3.79 Å². The Hall–Kier alpha value is -0.440. The lowest BCUT2D eigenvalue weighted by atomic mass is 10.4. The Morgan fingerprint density at radius 1 is 1.60 bits per heavy atom. The molecule has 1 rings (SSSR count). The third-order valence-corrected chi connectivity index (χ3v) is 5.23. The van der Waals surface area contributed by atoms with Crippen LogP contribution in [0.5, 0.6) is 0 Å². The van der Waals surface area contributed by atoms with E-state index in [4.69, 9.17) is 5.73 Å². The maximum absolute atomic E-state index is 11.6. The zero-order valence-corrected chi connectivity index (χ0v) is 10.9. The summed E-state index contributed by atoms with van der Waals surface area (Å²) in [5, 5.41) is 0. The molecule has 0 aromatic carbocycles. The van der Waals surface area contributed by atoms with Crippen molar-refractivity contribution in [3.63, 3.8) is 0 Å². The van der Waals surface area contributed by atoms with Gasteiger partial charge in [0.15, 0.2) is 0 Å². The minimum atomic E-state index is -3.65. The molecule has 0 saturated heterocycles. The molecule has 0 aliphatic carbocycles. The van der Waals surface area contributed by atoms with Gasteiger partial charge in [-0.15, -0.1) is 11.3 Å². The summed E-state index contributed by atoms with van der Waals surface area (Å²) >= 11 is 4.22. The summed E-state index contributed by atoms with van der Waals surface area (Å²) in [6.07, 6.45) is 0. The standard InChI is InChI=1S/C7H9BrN2O3S2/c1-4(7(9)11)10-15(12,13)6-3-2-5(8)14-6/h2-4,10H,1H3,(H2,9,11). The Morgan fingerprint density at radius 3 is 2.60 bits per heavy atom. The van der Waals surface area contributed by atoms with Gasteiger partial charge in [-0.3, -0.25) is 4.79 Å². The van der Waals surface area contributed by atoms with Crippen molar-refractivity contribution in [2.75, 3.05) is 0 Å². The highest BCUT2D eigenvalue weighted by Gasteiger charge is 2.21. The molecule has 1 unspecified atom stereocenters. The number of nitrogens with one attached hydrogen (secondary N) is 1. The smallest absolute Gasteiger partial charge is 0.250 e. The number of rotatable bonds is 4. The van der Waals surface area contributed by atoms with Gasteiger partial charge < -0.3 is 5.73 Å². The van der Waals surface area contributed by atoms with E-state index >= 15 is 0 Å². The van der Waals surface area contributed by atoms with Crippen LogP contribution < -0.4 is 10.5 Å². The van der Waals surface area contributed by atoms with Gasteiger partial charge in [0.25, 0.3) is 10.0 Å². The van der Waals surface area contributed by atoms with Crippen LogP contribution in [0.3, 0.4) is 0 Å². The van der Waals surface area contributed by atoms with Gasteiger partial charge >= 0.3 is 0 Å². The Labute approximate surface area is 99.8 Å². The second kappa shape index (κ2) is 4.60. The van der Waals surface area contributed by atoms with E-state index in [-0.39, 0.29) is 4.21 Å². The molecular weight excluding hydrogens is 304 g/mol. The van der Waals surface area contributed by atoms with E-state index in [2.05, 4.69) is 20.7 Å². The van der Waals surface area contributed by atoms with Gasteiger partial charge in [0, 0.05) is 0 Å². The van der Waals surface area contributed by atoms with Crippen molar-refractivity contribution in [1.82, 2.24) is 4.72 Å². The minimum absolute atomic E-state index is 0.141. The van der Waals surface area contributed by atoms with Crippen molar-refractivity contribution in [3.8, 4) is 0 Å². The molecule has 84 valence electrons. The van der Waals surface area contributed by atoms with Crippen molar-refractivity contribution in [2.24, 2.45) is 5.73 Å². The number of hydrogen-bond acceptors (Lipinski definition) is 4. The second-order valence-electron chi connectivity index (χ2n) is 2.80. The number of amides is 1. The molecule has 0 aliphatic rings. The molecule has 0 aliphatic heterocycles. The van der Waals surface area contributed by atoms with Crippen molar-refractivity contribution < 1.29 is 13.2 Å². The molecule has 8 heteroatoms. The van der Waals surface area contributed by atoms with Gasteiger partial charge in [-0.2, -0.15) is 4.72 Å². The molecule has 15 heavy (non-hydrogen) atoms. The highest BCUT2D eigenvalue weighted by atomic mass is 79.9. The van der Waals surface area contributed by atoms with E-state index in [0.717, 1.165) is 11.3 Å². The zero-order chi connectivity index (χ0) is 11.6. The van der Waals surface area contributed by atoms with Crippen LogP contribution in [0.2, 0.25) is 0 Å². The predicted molar refractivity (Wildman–Crippen MR) is 61.0 cm³/mol. The molecule has 0 spiro atoms. The van der Waals surface area contributed by atoms with E-state index in [1.54, 1.807) is 6.07 Å². The van der Waals surface area contributed by atoms with Crippen molar-refractivity contribution in [1.29, 1.82) is 0 Å². The van der Waals surface area contributed by atoms with Crippen LogP contribution in [-0.2, 0) is 14.8 Å². The van der Waals surface area contributed by atoms with Crippen LogP contribution in [0.15, 0.2) is 20.1 Å². The average molecular weight is 313 g/mol. The average Bonchev–Trinajstić information content (AvgIpc) is 2.51. The Morgan fingerprint density at radius 2 is 2.20 bits per heavy atom. The van der Waals surface area contributed by atoms with Crippen molar-refractivity contribution in [3.05, 3.63) is 15.9 Å². The van der Waals surface area contributed by atoms with E-state index < -0.39 is 22.0 Å². The topological polar surface area (TPSA) is 89.3 Å². The molecule has 1 atom stereocenters. The predicted octanol–water partition coefficient (Wildman–Crippen LogP) is 0.663. The number of primary amides is 1. The van der Waals surface area contributed by atoms with Crippen LogP contribution in [0.25, 0.3) is 0 Å². The van der Waals surface area contributed by atoms with Crippen LogP contribution >= 0.6 is 27.3 Å². The lowest BCUT2D eigenvalue weighted by Gasteiger charge is -2.08. The van der Waals surface area contributed by atoms with E-state index in [1.807, 2.05) is 0 Å². The number of halogens is 1. The van der Waals surface area contributed by atoms with E-state index in [9.17, 15) is 13.2 Å². The Kier molecular flexibility index (Phi) is 3.87. The molecule has 0 radical (unpaired) electrons. The van der Waals surface area contributed by atoms with Crippen LogP contribution in [0, 0.1) is 0 Å². The lowest BCUT2D eigenvalue weighted by Crippen LogP contribution is -2.41. The summed E-state index contributed by atoms with van der Waals surface area (Å²) in [5.74, 6) is -0.714. The first-order chi connectivity index (χ1) is 6.83. The number of hydrogen-bond donors (Lipinski definition) is 2. The first kappa shape index (κ1) is 12.6. The van der Waals surface area contributed by atoms with Gasteiger partial charge in [0.1, 0.15) is 4.21 Å². The van der Waals surface area contributed by atoms with Gasteiger partial charge in [-0.1, -0.05) is 0 Å². The Balaban J connectivity index is 2.90. The zero-order valence-electron chi connectivity index (χ0n) is 7.73. The molecule has 0 fully saturated rings. The van der Waals surface area contributed by atoms with Crippen molar-refractivity contribution in [2.45, 2.75) is 17.2 Å². The van der Waals surface area contributed by atoms with Crippen LogP contribution in [0.4, 0.5) is 0 Å². The molecule has 1 aromatic rings. The SMILES string of the molecule is CC(NS(=O)(=O)c1ccc(Br)s1)C(N)=O. The first-order valence-corrected chi connectivity index (χ1v) is 6.99. The maximum Gasteiger partial charge on any atom is 0.250 e. The summed E-state index contributed by atoms with van der Waals surface area (Å²) in [4.78, 5) is 10.7. The highest BCUT2D eigenvalue weighted by molar-refractivity contribution is 9.11. The highest BCUT2D eigenvalue weighted by Crippen LogP contribution is 2.25.